The van der Waals surface area contributed by atoms with Crippen molar-refractivity contribution in [1.82, 2.24) is 4.98 Å². The molecular formula is C19H23ClN2O4S. The summed E-state index contributed by atoms with van der Waals surface area (Å²) in [7, 11) is -3.27. The lowest BCUT2D eigenvalue weighted by Crippen LogP contribution is -2.36. The van der Waals surface area contributed by atoms with Crippen molar-refractivity contribution in [3.63, 3.8) is 0 Å². The largest absolute Gasteiger partial charge is 0.449 e. The lowest BCUT2D eigenvalue weighted by atomic mass is 10.0. The minimum atomic E-state index is -3.27. The predicted molar refractivity (Wildman–Crippen MR) is 108 cm³/mol. The molecule has 8 heteroatoms. The van der Waals surface area contributed by atoms with Crippen LogP contribution in [-0.2, 0) is 14.6 Å². The van der Waals surface area contributed by atoms with Crippen LogP contribution in [0.4, 0.5) is 10.5 Å². The van der Waals surface area contributed by atoms with Crippen LogP contribution in [0.2, 0.25) is 5.02 Å². The van der Waals surface area contributed by atoms with E-state index in [2.05, 4.69) is 4.98 Å². The molecule has 0 fully saturated rings. The molecule has 0 spiro atoms. The zero-order valence-electron chi connectivity index (χ0n) is 15.4. The molecule has 0 aliphatic heterocycles. The number of anilines is 1. The summed E-state index contributed by atoms with van der Waals surface area (Å²) >= 11 is 6.32. The molecule has 27 heavy (non-hydrogen) atoms. The fourth-order valence-corrected chi connectivity index (χ4v) is 3.21. The minimum absolute atomic E-state index is 0.0348. The zero-order chi connectivity index (χ0) is 19.9. The minimum Gasteiger partial charge on any atom is -0.449 e. The molecule has 0 unspecified atom stereocenters. The van der Waals surface area contributed by atoms with Gasteiger partial charge in [-0.25, -0.2) is 13.2 Å². The van der Waals surface area contributed by atoms with E-state index in [-0.39, 0.29) is 18.9 Å². The van der Waals surface area contributed by atoms with Crippen LogP contribution in [0.3, 0.4) is 0 Å². The number of halogens is 1. The SMILES string of the molecule is CCCCOC(=O)N(CCS(C)(=O)=O)c1cnccc1-c1ccccc1Cl. The second-order valence-electron chi connectivity index (χ2n) is 6.12. The summed E-state index contributed by atoms with van der Waals surface area (Å²) in [6, 6.07) is 8.97. The maximum atomic E-state index is 12.7. The number of sulfone groups is 1. The summed E-state index contributed by atoms with van der Waals surface area (Å²) in [4.78, 5) is 18.1. The van der Waals surface area contributed by atoms with Gasteiger partial charge in [0.05, 0.1) is 24.2 Å². The third kappa shape index (κ3) is 6.22. The van der Waals surface area contributed by atoms with Crippen molar-refractivity contribution in [2.75, 3.05) is 30.1 Å². The normalized spacial score (nSPS) is 11.2. The molecule has 2 aromatic rings. The van der Waals surface area contributed by atoms with Crippen molar-refractivity contribution in [3.05, 3.63) is 47.7 Å². The smallest absolute Gasteiger partial charge is 0.414 e. The van der Waals surface area contributed by atoms with E-state index in [0.29, 0.717) is 16.3 Å². The number of unbranched alkanes of at least 4 members (excludes halogenated alkanes) is 1. The molecule has 1 aromatic carbocycles. The highest BCUT2D eigenvalue weighted by Crippen LogP contribution is 2.34. The van der Waals surface area contributed by atoms with Gasteiger partial charge in [-0.2, -0.15) is 0 Å². The predicted octanol–water partition coefficient (Wildman–Crippen LogP) is 4.19. The summed E-state index contributed by atoms with van der Waals surface area (Å²) in [6.45, 7) is 2.23. The molecular weight excluding hydrogens is 388 g/mol. The van der Waals surface area contributed by atoms with Crippen molar-refractivity contribution < 1.29 is 17.9 Å². The van der Waals surface area contributed by atoms with Gasteiger partial charge in [-0.15, -0.1) is 0 Å². The standard InChI is InChI=1S/C19H23ClN2O4S/c1-3-4-12-26-19(23)22(11-13-27(2,24)25)18-14-21-10-9-16(18)15-7-5-6-8-17(15)20/h5-10,14H,3-4,11-13H2,1-2H3. The Labute approximate surface area is 165 Å². The molecule has 0 N–H and O–H groups in total. The van der Waals surface area contributed by atoms with Gasteiger partial charge in [-0.1, -0.05) is 43.1 Å². The van der Waals surface area contributed by atoms with Crippen molar-refractivity contribution in [1.29, 1.82) is 0 Å². The van der Waals surface area contributed by atoms with Gasteiger partial charge < -0.3 is 4.74 Å². The van der Waals surface area contributed by atoms with Crippen LogP contribution in [0.1, 0.15) is 19.8 Å². The molecule has 1 aromatic heterocycles. The number of benzene rings is 1. The van der Waals surface area contributed by atoms with E-state index in [0.717, 1.165) is 24.7 Å². The van der Waals surface area contributed by atoms with Crippen LogP contribution in [0, 0.1) is 0 Å². The lowest BCUT2D eigenvalue weighted by Gasteiger charge is -2.24. The summed E-state index contributed by atoms with van der Waals surface area (Å²) in [5, 5.41) is 0.521. The molecule has 6 nitrogen and oxygen atoms in total. The maximum absolute atomic E-state index is 12.7. The average molecular weight is 411 g/mol. The van der Waals surface area contributed by atoms with Crippen LogP contribution in [-0.4, -0.2) is 44.7 Å². The molecule has 0 bridgehead atoms. The van der Waals surface area contributed by atoms with E-state index in [1.807, 2.05) is 25.1 Å². The molecule has 1 amide bonds. The summed E-state index contributed by atoms with van der Waals surface area (Å²) < 4.78 is 28.6. The van der Waals surface area contributed by atoms with Crippen LogP contribution in [0.5, 0.6) is 0 Å². The number of hydrogen-bond acceptors (Lipinski definition) is 5. The first kappa shape index (κ1) is 21.2. The Balaban J connectivity index is 2.43. The number of aromatic nitrogens is 1. The molecule has 1 heterocycles. The van der Waals surface area contributed by atoms with E-state index >= 15 is 0 Å². The monoisotopic (exact) mass is 410 g/mol. The molecule has 0 saturated carbocycles. The van der Waals surface area contributed by atoms with E-state index in [4.69, 9.17) is 16.3 Å². The van der Waals surface area contributed by atoms with Gasteiger partial charge in [0.25, 0.3) is 0 Å². The van der Waals surface area contributed by atoms with Crippen molar-refractivity contribution >= 4 is 33.2 Å². The second-order valence-corrected chi connectivity index (χ2v) is 8.79. The Morgan fingerprint density at radius 3 is 2.63 bits per heavy atom. The van der Waals surface area contributed by atoms with Crippen molar-refractivity contribution in [2.45, 2.75) is 19.8 Å². The van der Waals surface area contributed by atoms with Crippen LogP contribution in [0.15, 0.2) is 42.7 Å². The third-order valence-electron chi connectivity index (χ3n) is 3.88. The lowest BCUT2D eigenvalue weighted by molar-refractivity contribution is 0.152. The number of carbonyl (C=O) groups is 1. The fraction of sp³-hybridized carbons (Fsp3) is 0.368. The fourth-order valence-electron chi connectivity index (χ4n) is 2.46. The van der Waals surface area contributed by atoms with Crippen LogP contribution < -0.4 is 4.90 Å². The van der Waals surface area contributed by atoms with Gasteiger partial charge in [0.1, 0.15) is 9.84 Å². The highest BCUT2D eigenvalue weighted by atomic mass is 35.5. The summed E-state index contributed by atoms with van der Waals surface area (Å²) in [5.41, 5.74) is 1.86. The first-order valence-corrected chi connectivity index (χ1v) is 11.1. The van der Waals surface area contributed by atoms with E-state index in [9.17, 15) is 13.2 Å². The number of ether oxygens (including phenoxy) is 1. The first-order valence-electron chi connectivity index (χ1n) is 8.64. The second kappa shape index (κ2) is 9.71. The average Bonchev–Trinajstić information content (AvgIpc) is 2.62. The Hall–Kier alpha value is -2.12. The molecule has 2 rings (SSSR count). The Morgan fingerprint density at radius 1 is 1.22 bits per heavy atom. The molecule has 0 radical (unpaired) electrons. The van der Waals surface area contributed by atoms with Gasteiger partial charge >= 0.3 is 6.09 Å². The van der Waals surface area contributed by atoms with Gasteiger partial charge in [0, 0.05) is 35.1 Å². The number of rotatable bonds is 8. The molecule has 0 atom stereocenters. The third-order valence-corrected chi connectivity index (χ3v) is 5.14. The number of carbonyl (C=O) groups excluding carboxylic acids is 1. The maximum Gasteiger partial charge on any atom is 0.414 e. The van der Waals surface area contributed by atoms with Gasteiger partial charge in [0.2, 0.25) is 0 Å². The van der Waals surface area contributed by atoms with Gasteiger partial charge in [-0.05, 0) is 18.6 Å². The highest BCUT2D eigenvalue weighted by Gasteiger charge is 2.23. The van der Waals surface area contributed by atoms with E-state index < -0.39 is 15.9 Å². The van der Waals surface area contributed by atoms with E-state index in [1.165, 1.54) is 11.1 Å². The first-order chi connectivity index (χ1) is 12.8. The van der Waals surface area contributed by atoms with Crippen LogP contribution >= 0.6 is 11.6 Å². The van der Waals surface area contributed by atoms with Crippen LogP contribution in [0.25, 0.3) is 11.1 Å². The Morgan fingerprint density at radius 2 is 1.96 bits per heavy atom. The highest BCUT2D eigenvalue weighted by molar-refractivity contribution is 7.90. The number of hydrogen-bond donors (Lipinski definition) is 0. The summed E-state index contributed by atoms with van der Waals surface area (Å²) in [5.74, 6) is -0.188. The summed E-state index contributed by atoms with van der Waals surface area (Å²) in [6.07, 6.45) is 5.26. The number of amides is 1. The van der Waals surface area contributed by atoms with Gasteiger partial charge in [0.15, 0.2) is 0 Å². The molecule has 0 aliphatic rings. The molecule has 0 aliphatic carbocycles. The molecule has 0 saturated heterocycles. The van der Waals surface area contributed by atoms with Crippen molar-refractivity contribution in [2.24, 2.45) is 0 Å². The number of pyridine rings is 1. The van der Waals surface area contributed by atoms with E-state index in [1.54, 1.807) is 18.3 Å². The van der Waals surface area contributed by atoms with Crippen molar-refractivity contribution in [3.8, 4) is 11.1 Å². The Bertz CT molecular complexity index is 887. The quantitative estimate of drug-likeness (QED) is 0.610. The van der Waals surface area contributed by atoms with Gasteiger partial charge in [-0.3, -0.25) is 9.88 Å². The Kier molecular flexibility index (Phi) is 7.62. The zero-order valence-corrected chi connectivity index (χ0v) is 17.0. The molecule has 146 valence electrons. The number of nitrogens with zero attached hydrogens (tertiary/aromatic N) is 2. The topological polar surface area (TPSA) is 76.6 Å².